The Hall–Kier alpha value is -1.55. The van der Waals surface area contributed by atoms with E-state index in [0.29, 0.717) is 12.4 Å². The standard InChI is InChI=1S/C15H18FNOS/c1-4-18-14-9-12(16)6-7-13(14)17-11(3)15-8-5-10(2)19-15/h5-9,11,17H,4H2,1-3H3. The van der Waals surface area contributed by atoms with Gasteiger partial charge in [-0.1, -0.05) is 0 Å². The lowest BCUT2D eigenvalue weighted by Gasteiger charge is -2.17. The topological polar surface area (TPSA) is 21.3 Å². The van der Waals surface area contributed by atoms with Crippen LogP contribution in [0.1, 0.15) is 29.6 Å². The van der Waals surface area contributed by atoms with Crippen LogP contribution in [0.3, 0.4) is 0 Å². The van der Waals surface area contributed by atoms with E-state index in [1.165, 1.54) is 21.9 Å². The van der Waals surface area contributed by atoms with Gasteiger partial charge in [0.2, 0.25) is 0 Å². The van der Waals surface area contributed by atoms with Gasteiger partial charge in [-0.2, -0.15) is 0 Å². The zero-order valence-corrected chi connectivity index (χ0v) is 12.2. The number of hydrogen-bond donors (Lipinski definition) is 1. The summed E-state index contributed by atoms with van der Waals surface area (Å²) in [5.74, 6) is 0.274. The molecule has 1 aromatic heterocycles. The maximum absolute atomic E-state index is 13.2. The Kier molecular flexibility index (Phi) is 4.43. The van der Waals surface area contributed by atoms with Crippen LogP contribution in [0.2, 0.25) is 0 Å². The second kappa shape index (κ2) is 6.06. The lowest BCUT2D eigenvalue weighted by molar-refractivity contribution is 0.339. The number of benzene rings is 1. The predicted octanol–water partition coefficient (Wildman–Crippen LogP) is 4.77. The van der Waals surface area contributed by atoms with E-state index in [1.807, 2.05) is 6.92 Å². The molecular weight excluding hydrogens is 261 g/mol. The maximum Gasteiger partial charge on any atom is 0.145 e. The highest BCUT2D eigenvalue weighted by Crippen LogP contribution is 2.31. The largest absolute Gasteiger partial charge is 0.492 e. The van der Waals surface area contributed by atoms with Crippen LogP contribution < -0.4 is 10.1 Å². The van der Waals surface area contributed by atoms with Crippen molar-refractivity contribution in [2.75, 3.05) is 11.9 Å². The third kappa shape index (κ3) is 3.47. The van der Waals surface area contributed by atoms with Gasteiger partial charge in [0.1, 0.15) is 11.6 Å². The number of nitrogens with one attached hydrogen (secondary N) is 1. The average Bonchev–Trinajstić information content (AvgIpc) is 2.80. The third-order valence-electron chi connectivity index (χ3n) is 2.80. The van der Waals surface area contributed by atoms with Crippen LogP contribution >= 0.6 is 11.3 Å². The van der Waals surface area contributed by atoms with Gasteiger partial charge < -0.3 is 10.1 Å². The van der Waals surface area contributed by atoms with Gasteiger partial charge in [0.25, 0.3) is 0 Å². The van der Waals surface area contributed by atoms with Crippen LogP contribution in [0.4, 0.5) is 10.1 Å². The van der Waals surface area contributed by atoms with E-state index in [9.17, 15) is 4.39 Å². The molecule has 0 spiro atoms. The highest BCUT2D eigenvalue weighted by Gasteiger charge is 2.11. The second-order valence-electron chi connectivity index (χ2n) is 4.39. The zero-order valence-electron chi connectivity index (χ0n) is 11.4. The van der Waals surface area contributed by atoms with Crippen LogP contribution in [0.25, 0.3) is 0 Å². The van der Waals surface area contributed by atoms with Crippen molar-refractivity contribution in [2.45, 2.75) is 26.8 Å². The Morgan fingerprint density at radius 3 is 2.74 bits per heavy atom. The average molecular weight is 279 g/mol. The smallest absolute Gasteiger partial charge is 0.145 e. The molecule has 1 aromatic carbocycles. The SMILES string of the molecule is CCOc1cc(F)ccc1NC(C)c1ccc(C)s1. The Morgan fingerprint density at radius 1 is 1.32 bits per heavy atom. The van der Waals surface area contributed by atoms with Crippen molar-refractivity contribution in [3.63, 3.8) is 0 Å². The molecule has 102 valence electrons. The summed E-state index contributed by atoms with van der Waals surface area (Å²) < 4.78 is 18.7. The summed E-state index contributed by atoms with van der Waals surface area (Å²) in [5.41, 5.74) is 0.821. The molecule has 19 heavy (non-hydrogen) atoms. The molecule has 0 aliphatic rings. The van der Waals surface area contributed by atoms with Crippen molar-refractivity contribution in [1.82, 2.24) is 0 Å². The normalized spacial score (nSPS) is 12.2. The molecule has 2 nitrogen and oxygen atoms in total. The van der Waals surface area contributed by atoms with Gasteiger partial charge in [0.05, 0.1) is 18.3 Å². The summed E-state index contributed by atoms with van der Waals surface area (Å²) >= 11 is 1.76. The molecular formula is C15H18FNOS. The molecule has 4 heteroatoms. The molecule has 0 aliphatic carbocycles. The van der Waals surface area contributed by atoms with Crippen molar-refractivity contribution in [2.24, 2.45) is 0 Å². The molecule has 0 bridgehead atoms. The number of hydrogen-bond acceptors (Lipinski definition) is 3. The van der Waals surface area contributed by atoms with E-state index < -0.39 is 0 Å². The van der Waals surface area contributed by atoms with E-state index in [2.05, 4.69) is 31.3 Å². The van der Waals surface area contributed by atoms with Crippen LogP contribution in [-0.2, 0) is 0 Å². The van der Waals surface area contributed by atoms with E-state index in [0.717, 1.165) is 5.69 Å². The first-order chi connectivity index (χ1) is 9.10. The molecule has 0 saturated carbocycles. The number of rotatable bonds is 5. The van der Waals surface area contributed by atoms with Crippen molar-refractivity contribution >= 4 is 17.0 Å². The summed E-state index contributed by atoms with van der Waals surface area (Å²) in [5, 5.41) is 3.37. The first kappa shape index (κ1) is 13.9. The van der Waals surface area contributed by atoms with Gasteiger partial charge in [-0.3, -0.25) is 0 Å². The fourth-order valence-electron chi connectivity index (χ4n) is 1.88. The van der Waals surface area contributed by atoms with Crippen LogP contribution in [-0.4, -0.2) is 6.61 Å². The molecule has 2 aromatic rings. The molecule has 0 amide bonds. The summed E-state index contributed by atoms with van der Waals surface area (Å²) in [7, 11) is 0. The minimum atomic E-state index is -0.284. The number of aryl methyl sites for hydroxylation is 1. The van der Waals surface area contributed by atoms with E-state index in [4.69, 9.17) is 4.74 Å². The van der Waals surface area contributed by atoms with Gasteiger partial charge in [0, 0.05) is 15.8 Å². The Labute approximate surface area is 117 Å². The van der Waals surface area contributed by atoms with Gasteiger partial charge >= 0.3 is 0 Å². The summed E-state index contributed by atoms with van der Waals surface area (Å²) in [4.78, 5) is 2.54. The molecule has 2 rings (SSSR count). The van der Waals surface area contributed by atoms with Crippen LogP contribution in [0, 0.1) is 12.7 Å². The fourth-order valence-corrected chi connectivity index (χ4v) is 2.76. The fraction of sp³-hybridized carbons (Fsp3) is 0.333. The van der Waals surface area contributed by atoms with Crippen molar-refractivity contribution in [1.29, 1.82) is 0 Å². The van der Waals surface area contributed by atoms with E-state index in [1.54, 1.807) is 17.4 Å². The first-order valence-electron chi connectivity index (χ1n) is 6.35. The molecule has 1 unspecified atom stereocenters. The van der Waals surface area contributed by atoms with Crippen molar-refractivity contribution in [3.8, 4) is 5.75 Å². The minimum absolute atomic E-state index is 0.170. The second-order valence-corrected chi connectivity index (χ2v) is 5.71. The van der Waals surface area contributed by atoms with Crippen molar-refractivity contribution < 1.29 is 9.13 Å². The van der Waals surface area contributed by atoms with Crippen molar-refractivity contribution in [3.05, 3.63) is 45.9 Å². The zero-order chi connectivity index (χ0) is 13.8. The van der Waals surface area contributed by atoms with Gasteiger partial charge in [-0.25, -0.2) is 4.39 Å². The molecule has 0 radical (unpaired) electrons. The number of anilines is 1. The minimum Gasteiger partial charge on any atom is -0.492 e. The molecule has 1 atom stereocenters. The quantitative estimate of drug-likeness (QED) is 0.851. The Balaban J connectivity index is 2.18. The highest BCUT2D eigenvalue weighted by molar-refractivity contribution is 7.12. The predicted molar refractivity (Wildman–Crippen MR) is 78.7 cm³/mol. The number of halogens is 1. The third-order valence-corrected chi connectivity index (χ3v) is 3.99. The molecule has 0 aliphatic heterocycles. The monoisotopic (exact) mass is 279 g/mol. The lowest BCUT2D eigenvalue weighted by atomic mass is 10.2. The van der Waals surface area contributed by atoms with Crippen LogP contribution in [0.15, 0.2) is 30.3 Å². The summed E-state index contributed by atoms with van der Waals surface area (Å²) in [6, 6.07) is 8.96. The van der Waals surface area contributed by atoms with E-state index >= 15 is 0 Å². The van der Waals surface area contributed by atoms with Gasteiger partial charge in [-0.15, -0.1) is 11.3 Å². The van der Waals surface area contributed by atoms with Crippen LogP contribution in [0.5, 0.6) is 5.75 Å². The molecule has 0 saturated heterocycles. The summed E-state index contributed by atoms with van der Waals surface area (Å²) in [6.07, 6.45) is 0. The van der Waals surface area contributed by atoms with Gasteiger partial charge in [0.15, 0.2) is 0 Å². The summed E-state index contributed by atoms with van der Waals surface area (Å²) in [6.45, 7) is 6.58. The van der Waals surface area contributed by atoms with E-state index in [-0.39, 0.29) is 11.9 Å². The first-order valence-corrected chi connectivity index (χ1v) is 7.17. The lowest BCUT2D eigenvalue weighted by Crippen LogP contribution is -2.07. The number of ether oxygens (including phenoxy) is 1. The Bertz CT molecular complexity index is 553. The molecule has 1 heterocycles. The molecule has 0 fully saturated rings. The Morgan fingerprint density at radius 2 is 2.11 bits per heavy atom. The number of thiophene rings is 1. The maximum atomic E-state index is 13.2. The molecule has 1 N–H and O–H groups in total. The van der Waals surface area contributed by atoms with Gasteiger partial charge in [-0.05, 0) is 45.0 Å². The highest BCUT2D eigenvalue weighted by atomic mass is 32.1.